The lowest BCUT2D eigenvalue weighted by Crippen LogP contribution is -2.12. The lowest BCUT2D eigenvalue weighted by Gasteiger charge is -2.11. The zero-order valence-electron chi connectivity index (χ0n) is 8.59. The number of aryl methyl sites for hydroxylation is 1. The van der Waals surface area contributed by atoms with E-state index in [9.17, 15) is 0 Å². The second kappa shape index (κ2) is 4.19. The van der Waals surface area contributed by atoms with Crippen molar-refractivity contribution in [1.82, 2.24) is 9.97 Å². The maximum absolute atomic E-state index is 6.12. The van der Waals surface area contributed by atoms with E-state index in [0.29, 0.717) is 0 Å². The maximum Gasteiger partial charge on any atom is 0.0568 e. The Balaban J connectivity index is 2.32. The molecule has 1 atom stereocenters. The summed E-state index contributed by atoms with van der Waals surface area (Å²) in [6.07, 6.45) is 5.31. The zero-order valence-corrected chi connectivity index (χ0v) is 8.59. The van der Waals surface area contributed by atoms with Crippen molar-refractivity contribution in [2.45, 2.75) is 13.0 Å². The Morgan fingerprint density at radius 3 is 2.73 bits per heavy atom. The fraction of sp³-hybridized carbons (Fsp3) is 0.167. The van der Waals surface area contributed by atoms with Crippen LogP contribution in [0.15, 0.2) is 42.9 Å². The summed E-state index contributed by atoms with van der Waals surface area (Å²) < 4.78 is 0. The van der Waals surface area contributed by atoms with Gasteiger partial charge in [-0.2, -0.15) is 0 Å². The largest absolute Gasteiger partial charge is 0.320 e. The molecule has 0 radical (unpaired) electrons. The van der Waals surface area contributed by atoms with Crippen molar-refractivity contribution in [1.29, 1.82) is 0 Å². The van der Waals surface area contributed by atoms with Gasteiger partial charge in [0.1, 0.15) is 0 Å². The van der Waals surface area contributed by atoms with E-state index < -0.39 is 0 Å². The van der Waals surface area contributed by atoms with Crippen LogP contribution in [-0.2, 0) is 0 Å². The van der Waals surface area contributed by atoms with Crippen LogP contribution in [0.1, 0.15) is 22.9 Å². The minimum absolute atomic E-state index is 0.125. The van der Waals surface area contributed by atoms with Gasteiger partial charge in [-0.1, -0.05) is 6.07 Å². The van der Waals surface area contributed by atoms with Crippen molar-refractivity contribution < 1.29 is 0 Å². The normalized spacial score (nSPS) is 12.4. The van der Waals surface area contributed by atoms with Gasteiger partial charge in [-0.3, -0.25) is 9.97 Å². The number of aromatic nitrogens is 2. The fourth-order valence-corrected chi connectivity index (χ4v) is 1.51. The molecule has 3 heteroatoms. The van der Waals surface area contributed by atoms with Crippen LogP contribution in [0.5, 0.6) is 0 Å². The third kappa shape index (κ3) is 2.19. The summed E-state index contributed by atoms with van der Waals surface area (Å²) in [6, 6.07) is 7.68. The summed E-state index contributed by atoms with van der Waals surface area (Å²) in [5, 5.41) is 0. The quantitative estimate of drug-likeness (QED) is 0.802. The summed E-state index contributed by atoms with van der Waals surface area (Å²) in [7, 11) is 0. The van der Waals surface area contributed by atoms with Gasteiger partial charge >= 0.3 is 0 Å². The van der Waals surface area contributed by atoms with Crippen LogP contribution in [0, 0.1) is 6.92 Å². The van der Waals surface area contributed by atoms with Gasteiger partial charge in [0.15, 0.2) is 0 Å². The fourth-order valence-electron chi connectivity index (χ4n) is 1.51. The summed E-state index contributed by atoms with van der Waals surface area (Å²) in [6.45, 7) is 1.96. The highest BCUT2D eigenvalue weighted by atomic mass is 14.7. The molecule has 3 nitrogen and oxygen atoms in total. The predicted molar refractivity (Wildman–Crippen MR) is 59.2 cm³/mol. The molecule has 15 heavy (non-hydrogen) atoms. The third-order valence-corrected chi connectivity index (χ3v) is 2.32. The Hall–Kier alpha value is -1.74. The van der Waals surface area contributed by atoms with Crippen molar-refractivity contribution in [3.8, 4) is 0 Å². The third-order valence-electron chi connectivity index (χ3n) is 2.32. The first-order valence-corrected chi connectivity index (χ1v) is 4.85. The zero-order chi connectivity index (χ0) is 10.7. The van der Waals surface area contributed by atoms with E-state index in [4.69, 9.17) is 5.73 Å². The molecule has 0 spiro atoms. The van der Waals surface area contributed by atoms with Crippen molar-refractivity contribution in [2.75, 3.05) is 0 Å². The first-order chi connectivity index (χ1) is 7.27. The minimum Gasteiger partial charge on any atom is -0.320 e. The van der Waals surface area contributed by atoms with E-state index in [1.165, 1.54) is 0 Å². The number of nitrogens with two attached hydrogens (primary N) is 1. The van der Waals surface area contributed by atoms with Gasteiger partial charge in [0.05, 0.1) is 6.04 Å². The van der Waals surface area contributed by atoms with E-state index in [-0.39, 0.29) is 6.04 Å². The first kappa shape index (κ1) is 9.80. The lowest BCUT2D eigenvalue weighted by molar-refractivity contribution is 0.856. The Kier molecular flexibility index (Phi) is 2.74. The molecule has 0 aliphatic heterocycles. The Morgan fingerprint density at radius 1 is 1.20 bits per heavy atom. The van der Waals surface area contributed by atoms with Crippen molar-refractivity contribution in [3.63, 3.8) is 0 Å². The number of hydrogen-bond donors (Lipinski definition) is 1. The first-order valence-electron chi connectivity index (χ1n) is 4.85. The lowest BCUT2D eigenvalue weighted by atomic mass is 10.0. The summed E-state index contributed by atoms with van der Waals surface area (Å²) in [5.41, 5.74) is 9.18. The highest BCUT2D eigenvalue weighted by Gasteiger charge is 2.08. The van der Waals surface area contributed by atoms with Gasteiger partial charge in [-0.15, -0.1) is 0 Å². The molecular weight excluding hydrogens is 186 g/mol. The van der Waals surface area contributed by atoms with Crippen LogP contribution in [-0.4, -0.2) is 9.97 Å². The highest BCUT2D eigenvalue weighted by molar-refractivity contribution is 5.29. The molecule has 2 N–H and O–H groups in total. The van der Waals surface area contributed by atoms with Crippen LogP contribution >= 0.6 is 0 Å². The Labute approximate surface area is 89.0 Å². The van der Waals surface area contributed by atoms with Crippen LogP contribution in [0.3, 0.4) is 0 Å². The van der Waals surface area contributed by atoms with E-state index in [2.05, 4.69) is 9.97 Å². The van der Waals surface area contributed by atoms with Gasteiger partial charge in [0.25, 0.3) is 0 Å². The van der Waals surface area contributed by atoms with Gasteiger partial charge in [0.2, 0.25) is 0 Å². The van der Waals surface area contributed by atoms with E-state index in [0.717, 1.165) is 16.8 Å². The number of pyridine rings is 2. The van der Waals surface area contributed by atoms with Gasteiger partial charge in [0, 0.05) is 24.3 Å². The monoisotopic (exact) mass is 199 g/mol. The smallest absolute Gasteiger partial charge is 0.0568 e. The van der Waals surface area contributed by atoms with Crippen molar-refractivity contribution >= 4 is 0 Å². The molecule has 2 aromatic heterocycles. The molecule has 0 aliphatic carbocycles. The molecule has 0 aromatic carbocycles. The predicted octanol–water partition coefficient (Wildman–Crippen LogP) is 1.83. The second-order valence-electron chi connectivity index (χ2n) is 3.49. The summed E-state index contributed by atoms with van der Waals surface area (Å²) >= 11 is 0. The van der Waals surface area contributed by atoms with Crippen LogP contribution in [0.4, 0.5) is 0 Å². The molecule has 0 saturated carbocycles. The molecule has 2 heterocycles. The molecule has 0 saturated heterocycles. The topological polar surface area (TPSA) is 51.8 Å². The molecule has 0 amide bonds. The van der Waals surface area contributed by atoms with Gasteiger partial charge in [-0.05, 0) is 36.2 Å². The second-order valence-corrected chi connectivity index (χ2v) is 3.49. The molecular formula is C12H13N3. The van der Waals surface area contributed by atoms with Crippen LogP contribution in [0.25, 0.3) is 0 Å². The van der Waals surface area contributed by atoms with Gasteiger partial charge < -0.3 is 5.73 Å². The average Bonchev–Trinajstić information content (AvgIpc) is 2.29. The summed E-state index contributed by atoms with van der Waals surface area (Å²) in [5.74, 6) is 0. The molecule has 1 unspecified atom stereocenters. The SMILES string of the molecule is Cc1cc(C(N)c2cccnc2)ccn1. The molecule has 0 fully saturated rings. The van der Waals surface area contributed by atoms with Crippen LogP contribution < -0.4 is 5.73 Å². The standard InChI is InChI=1S/C12H13N3/c1-9-7-10(4-6-15-9)12(13)11-3-2-5-14-8-11/h2-8,12H,13H2,1H3. The molecule has 76 valence electrons. The van der Waals surface area contributed by atoms with Crippen molar-refractivity contribution in [2.24, 2.45) is 5.73 Å². The average molecular weight is 199 g/mol. The molecule has 2 aromatic rings. The number of hydrogen-bond acceptors (Lipinski definition) is 3. The van der Waals surface area contributed by atoms with E-state index >= 15 is 0 Å². The van der Waals surface area contributed by atoms with E-state index in [1.54, 1.807) is 18.6 Å². The Bertz CT molecular complexity index is 440. The minimum atomic E-state index is -0.125. The van der Waals surface area contributed by atoms with Crippen molar-refractivity contribution in [3.05, 3.63) is 59.7 Å². The number of nitrogens with zero attached hydrogens (tertiary/aromatic N) is 2. The molecule has 0 bridgehead atoms. The van der Waals surface area contributed by atoms with Crippen LogP contribution in [0.2, 0.25) is 0 Å². The van der Waals surface area contributed by atoms with Gasteiger partial charge in [-0.25, -0.2) is 0 Å². The highest BCUT2D eigenvalue weighted by Crippen LogP contribution is 2.18. The number of rotatable bonds is 2. The molecule has 0 aliphatic rings. The maximum atomic E-state index is 6.12. The molecule has 2 rings (SSSR count). The Morgan fingerprint density at radius 2 is 2.07 bits per heavy atom. The summed E-state index contributed by atoms with van der Waals surface area (Å²) in [4.78, 5) is 8.20. The van der Waals surface area contributed by atoms with E-state index in [1.807, 2.05) is 31.2 Å².